The molecule has 7 nitrogen and oxygen atoms in total. The highest BCUT2D eigenvalue weighted by molar-refractivity contribution is 5.87. The molecule has 0 atom stereocenters. The van der Waals surface area contributed by atoms with E-state index in [1.165, 1.54) is 0 Å². The van der Waals surface area contributed by atoms with Gasteiger partial charge in [-0.2, -0.15) is 18.2 Å². The summed E-state index contributed by atoms with van der Waals surface area (Å²) in [5, 5.41) is 2.30. The third-order valence-electron chi connectivity index (χ3n) is 4.68. The molecule has 0 radical (unpaired) electrons. The zero-order valence-corrected chi connectivity index (χ0v) is 17.3. The molecule has 0 spiro atoms. The fourth-order valence-corrected chi connectivity index (χ4v) is 3.17. The molecule has 33 heavy (non-hydrogen) atoms. The van der Waals surface area contributed by atoms with Crippen molar-refractivity contribution in [1.29, 1.82) is 0 Å². The number of H-pyrrole nitrogens is 1. The Balaban J connectivity index is 1.68. The number of aromatic nitrogens is 4. The first kappa shape index (κ1) is 22.2. The van der Waals surface area contributed by atoms with E-state index < -0.39 is 40.3 Å². The molecule has 0 unspecified atom stereocenters. The number of anilines is 3. The summed E-state index contributed by atoms with van der Waals surface area (Å²) in [6.07, 6.45) is -2.85. The fraction of sp³-hybridized carbons (Fsp3) is 0.190. The largest absolute Gasteiger partial charge is 0.450 e. The molecular formula is C21H17F5N6O. The van der Waals surface area contributed by atoms with Crippen molar-refractivity contribution in [1.82, 2.24) is 19.9 Å². The van der Waals surface area contributed by atoms with Gasteiger partial charge in [0, 0.05) is 36.3 Å². The lowest BCUT2D eigenvalue weighted by atomic mass is 10.1. The number of halogens is 5. The Kier molecular flexibility index (Phi) is 5.52. The predicted octanol–water partition coefficient (Wildman–Crippen LogP) is 5.89. The lowest BCUT2D eigenvalue weighted by Gasteiger charge is -2.13. The lowest BCUT2D eigenvalue weighted by Crippen LogP contribution is -2.05. The zero-order valence-electron chi connectivity index (χ0n) is 17.3. The van der Waals surface area contributed by atoms with Crippen molar-refractivity contribution in [2.45, 2.75) is 25.9 Å². The second kappa shape index (κ2) is 8.19. The van der Waals surface area contributed by atoms with Gasteiger partial charge in [0.05, 0.1) is 16.6 Å². The molecule has 0 bridgehead atoms. The van der Waals surface area contributed by atoms with E-state index in [-0.39, 0.29) is 29.0 Å². The standard InChI is InChI=1S/C21H17F5N6O/c1-9(2)14-7-16(32-20(27)31-14)30-10-5-12(22)18(13(23)6-10)33-15-3-4-28-19-17(15)11(8-29-19)21(24,25)26/h3-9H,1-2H3,(H,28,29)(H3,27,30,31,32). The van der Waals surface area contributed by atoms with Gasteiger partial charge in [0.25, 0.3) is 0 Å². The number of ether oxygens (including phenoxy) is 1. The normalized spacial score (nSPS) is 11.9. The minimum atomic E-state index is -4.72. The molecule has 0 saturated heterocycles. The Morgan fingerprint density at radius 1 is 1.09 bits per heavy atom. The smallest absolute Gasteiger partial charge is 0.418 e. The van der Waals surface area contributed by atoms with E-state index in [4.69, 9.17) is 10.5 Å². The number of pyridine rings is 1. The van der Waals surface area contributed by atoms with Gasteiger partial charge >= 0.3 is 6.18 Å². The summed E-state index contributed by atoms with van der Waals surface area (Å²) in [5.74, 6) is -3.32. The minimum Gasteiger partial charge on any atom is -0.450 e. The SMILES string of the molecule is CC(C)c1cc(Nc2cc(F)c(Oc3ccnc4[nH]cc(C(F)(F)F)c34)c(F)c2)nc(N)n1. The molecule has 0 saturated carbocycles. The maximum absolute atomic E-state index is 14.7. The highest BCUT2D eigenvalue weighted by Gasteiger charge is 2.35. The van der Waals surface area contributed by atoms with Crippen LogP contribution >= 0.6 is 0 Å². The van der Waals surface area contributed by atoms with Gasteiger partial charge in [0.15, 0.2) is 17.4 Å². The van der Waals surface area contributed by atoms with E-state index in [0.717, 1.165) is 24.4 Å². The number of nitrogens with one attached hydrogen (secondary N) is 2. The van der Waals surface area contributed by atoms with E-state index in [1.54, 1.807) is 6.07 Å². The van der Waals surface area contributed by atoms with Gasteiger partial charge in [-0.05, 0) is 12.0 Å². The van der Waals surface area contributed by atoms with E-state index in [9.17, 15) is 22.0 Å². The Morgan fingerprint density at radius 3 is 2.42 bits per heavy atom. The first-order valence-corrected chi connectivity index (χ1v) is 9.64. The average Bonchev–Trinajstić information content (AvgIpc) is 3.16. The first-order valence-electron chi connectivity index (χ1n) is 9.64. The summed E-state index contributed by atoms with van der Waals surface area (Å²) in [6.45, 7) is 3.78. The molecule has 3 heterocycles. The molecule has 4 N–H and O–H groups in total. The van der Waals surface area contributed by atoms with Gasteiger partial charge in [0.1, 0.15) is 17.2 Å². The Morgan fingerprint density at radius 2 is 1.79 bits per heavy atom. The van der Waals surface area contributed by atoms with Crippen molar-refractivity contribution in [3.63, 3.8) is 0 Å². The Labute approximate surface area is 183 Å². The van der Waals surface area contributed by atoms with Gasteiger partial charge < -0.3 is 20.8 Å². The van der Waals surface area contributed by atoms with E-state index in [2.05, 4.69) is 25.3 Å². The number of rotatable bonds is 5. The van der Waals surface area contributed by atoms with Crippen molar-refractivity contribution >= 4 is 28.5 Å². The quantitative estimate of drug-likeness (QED) is 0.318. The zero-order chi connectivity index (χ0) is 23.9. The molecule has 4 aromatic rings. The second-order valence-electron chi connectivity index (χ2n) is 7.42. The van der Waals surface area contributed by atoms with Gasteiger partial charge in [-0.15, -0.1) is 0 Å². The van der Waals surface area contributed by atoms with Crippen LogP contribution in [0, 0.1) is 11.6 Å². The molecule has 1 aromatic carbocycles. The van der Waals surface area contributed by atoms with Gasteiger partial charge in [-0.1, -0.05) is 13.8 Å². The lowest BCUT2D eigenvalue weighted by molar-refractivity contribution is -0.136. The molecular weight excluding hydrogens is 447 g/mol. The summed E-state index contributed by atoms with van der Waals surface area (Å²) in [4.78, 5) is 14.2. The second-order valence-corrected chi connectivity index (χ2v) is 7.42. The van der Waals surface area contributed by atoms with E-state index in [1.807, 2.05) is 13.8 Å². The third-order valence-corrected chi connectivity index (χ3v) is 4.68. The number of nitrogens with zero attached hydrogens (tertiary/aromatic N) is 3. The van der Waals surface area contributed by atoms with Crippen LogP contribution in [0.1, 0.15) is 31.0 Å². The van der Waals surface area contributed by atoms with E-state index >= 15 is 0 Å². The van der Waals surface area contributed by atoms with Crippen molar-refractivity contribution < 1.29 is 26.7 Å². The van der Waals surface area contributed by atoms with Crippen LogP contribution in [0.4, 0.5) is 39.4 Å². The molecule has 0 amide bonds. The number of fused-ring (bicyclic) bond motifs is 1. The number of aromatic amines is 1. The van der Waals surface area contributed by atoms with Crippen molar-refractivity contribution in [3.05, 3.63) is 59.6 Å². The van der Waals surface area contributed by atoms with Crippen molar-refractivity contribution in [2.24, 2.45) is 0 Å². The van der Waals surface area contributed by atoms with Crippen LogP contribution in [0.25, 0.3) is 11.0 Å². The van der Waals surface area contributed by atoms with Crippen LogP contribution < -0.4 is 15.8 Å². The molecule has 0 aliphatic heterocycles. The van der Waals surface area contributed by atoms with Crippen LogP contribution in [-0.2, 0) is 6.18 Å². The summed E-state index contributed by atoms with van der Waals surface area (Å²) >= 11 is 0. The molecule has 12 heteroatoms. The number of nitrogens with two attached hydrogens (primary N) is 1. The maximum Gasteiger partial charge on any atom is 0.418 e. The van der Waals surface area contributed by atoms with Crippen molar-refractivity contribution in [3.8, 4) is 11.5 Å². The number of alkyl halides is 3. The van der Waals surface area contributed by atoms with E-state index in [0.29, 0.717) is 11.9 Å². The molecule has 0 aliphatic rings. The number of hydrogen-bond acceptors (Lipinski definition) is 6. The number of hydrogen-bond donors (Lipinski definition) is 3. The third kappa shape index (κ3) is 4.49. The summed E-state index contributed by atoms with van der Waals surface area (Å²) in [5.41, 5.74) is 5.09. The topological polar surface area (TPSA) is 102 Å². The van der Waals surface area contributed by atoms with Crippen LogP contribution in [0.3, 0.4) is 0 Å². The minimum absolute atomic E-state index is 0.0114. The van der Waals surface area contributed by atoms with Gasteiger partial charge in [-0.3, -0.25) is 0 Å². The average molecular weight is 464 g/mol. The maximum atomic E-state index is 14.7. The summed E-state index contributed by atoms with van der Waals surface area (Å²) < 4.78 is 74.7. The first-order chi connectivity index (χ1) is 15.5. The summed E-state index contributed by atoms with van der Waals surface area (Å²) in [7, 11) is 0. The molecule has 3 aromatic heterocycles. The van der Waals surface area contributed by atoms with Crippen LogP contribution in [-0.4, -0.2) is 19.9 Å². The summed E-state index contributed by atoms with van der Waals surface area (Å²) in [6, 6.07) is 4.52. The molecule has 4 rings (SSSR count). The van der Waals surface area contributed by atoms with Crippen LogP contribution in [0.5, 0.6) is 11.5 Å². The Bertz CT molecular complexity index is 1310. The van der Waals surface area contributed by atoms with Gasteiger partial charge in [-0.25, -0.2) is 18.7 Å². The molecule has 0 fully saturated rings. The fourth-order valence-electron chi connectivity index (χ4n) is 3.17. The highest BCUT2D eigenvalue weighted by atomic mass is 19.4. The van der Waals surface area contributed by atoms with Gasteiger partial charge in [0.2, 0.25) is 5.95 Å². The number of nitrogen functional groups attached to an aromatic ring is 1. The van der Waals surface area contributed by atoms with Crippen molar-refractivity contribution in [2.75, 3.05) is 11.1 Å². The van der Waals surface area contributed by atoms with Crippen LogP contribution in [0.2, 0.25) is 0 Å². The van der Waals surface area contributed by atoms with Crippen LogP contribution in [0.15, 0.2) is 36.7 Å². The Hall–Kier alpha value is -3.96. The number of benzene rings is 1. The molecule has 172 valence electrons. The predicted molar refractivity (Wildman–Crippen MR) is 111 cm³/mol. The highest BCUT2D eigenvalue weighted by Crippen LogP contribution is 2.41. The molecule has 0 aliphatic carbocycles. The monoisotopic (exact) mass is 464 g/mol.